The first-order valence-corrected chi connectivity index (χ1v) is 23.3. The fourth-order valence-corrected chi connectivity index (χ4v) is 10.5. The van der Waals surface area contributed by atoms with E-state index in [1.807, 2.05) is 4.72 Å². The van der Waals surface area contributed by atoms with E-state index in [1.54, 1.807) is 30.7 Å². The van der Waals surface area contributed by atoms with Crippen molar-refractivity contribution in [2.45, 2.75) is 63.1 Å². The van der Waals surface area contributed by atoms with E-state index in [0.29, 0.717) is 23.0 Å². The number of hydrogen-bond acceptors (Lipinski definition) is 11. The van der Waals surface area contributed by atoms with Crippen LogP contribution in [0.1, 0.15) is 82.7 Å². The summed E-state index contributed by atoms with van der Waals surface area (Å²) < 4.78 is 88.1. The lowest BCUT2D eigenvalue weighted by atomic mass is 9.87. The molecule has 9 rings (SSSR count). The summed E-state index contributed by atoms with van der Waals surface area (Å²) in [5.41, 5.74) is 0.381. The largest absolute Gasteiger partial charge is 0.345 e. The summed E-state index contributed by atoms with van der Waals surface area (Å²) in [6.45, 7) is 3.68. The maximum Gasteiger partial charge on any atom is 0.301 e. The van der Waals surface area contributed by atoms with Gasteiger partial charge in [-0.1, -0.05) is 6.07 Å². The molecule has 0 radical (unpaired) electrons. The fourth-order valence-electron chi connectivity index (χ4n) is 9.23. The second kappa shape index (κ2) is 18.5. The number of nitrogens with zero attached hydrogens (tertiary/aromatic N) is 6. The molecular weight excluding hydrogens is 885 g/mol. The van der Waals surface area contributed by atoms with Gasteiger partial charge in [-0.05, 0) is 99.3 Å². The van der Waals surface area contributed by atoms with Crippen LogP contribution in [-0.4, -0.2) is 119 Å². The average Bonchev–Trinajstić information content (AvgIpc) is 3.95. The molecule has 21 heteroatoms. The van der Waals surface area contributed by atoms with Crippen LogP contribution in [0.15, 0.2) is 61.2 Å². The number of piperidine rings is 3. The Balaban J connectivity index is 0.774. The molecule has 0 aliphatic carbocycles. The van der Waals surface area contributed by atoms with Crippen molar-refractivity contribution in [3.05, 3.63) is 101 Å². The number of ketones is 1. The van der Waals surface area contributed by atoms with Gasteiger partial charge in [0, 0.05) is 86.0 Å². The van der Waals surface area contributed by atoms with E-state index < -0.39 is 81.2 Å². The molecule has 2 aromatic carbocycles. The van der Waals surface area contributed by atoms with E-state index in [2.05, 4.69) is 40.4 Å². The highest BCUT2D eigenvalue weighted by atomic mass is 32.2. The molecule has 4 N–H and O–H groups in total. The molecular formula is C45H46F4N10O6S. The number of anilines is 2. The smallest absolute Gasteiger partial charge is 0.301 e. The van der Waals surface area contributed by atoms with E-state index in [-0.39, 0.29) is 53.9 Å². The molecule has 3 aromatic heterocycles. The van der Waals surface area contributed by atoms with E-state index in [9.17, 15) is 32.0 Å². The van der Waals surface area contributed by atoms with E-state index in [4.69, 9.17) is 0 Å². The average molecular weight is 931 g/mol. The third-order valence-electron chi connectivity index (χ3n) is 13.0. The first-order valence-electron chi connectivity index (χ1n) is 21.9. The third kappa shape index (κ3) is 9.36. The van der Waals surface area contributed by atoms with Gasteiger partial charge in [0.05, 0.1) is 16.8 Å². The van der Waals surface area contributed by atoms with Gasteiger partial charge in [-0.25, -0.2) is 32.5 Å². The number of aromatic nitrogens is 4. The molecule has 0 spiro atoms. The van der Waals surface area contributed by atoms with Gasteiger partial charge in [0.25, 0.3) is 5.91 Å². The van der Waals surface area contributed by atoms with Crippen molar-refractivity contribution >= 4 is 56.4 Å². The van der Waals surface area contributed by atoms with Crippen LogP contribution < -0.4 is 20.3 Å². The summed E-state index contributed by atoms with van der Waals surface area (Å²) in [6.07, 6.45) is 8.61. The molecule has 2 atom stereocenters. The number of H-pyrrole nitrogens is 1. The van der Waals surface area contributed by atoms with Crippen molar-refractivity contribution in [1.82, 2.24) is 39.8 Å². The molecule has 4 aliphatic heterocycles. The highest BCUT2D eigenvalue weighted by Crippen LogP contribution is 2.33. The van der Waals surface area contributed by atoms with Crippen LogP contribution in [0.3, 0.4) is 0 Å². The Morgan fingerprint density at radius 2 is 1.56 bits per heavy atom. The van der Waals surface area contributed by atoms with Crippen LogP contribution in [0.5, 0.6) is 0 Å². The van der Waals surface area contributed by atoms with Gasteiger partial charge in [-0.15, -0.1) is 0 Å². The number of fused-ring (bicyclic) bond motifs is 1. The Kier molecular flexibility index (Phi) is 12.6. The molecule has 0 saturated carbocycles. The lowest BCUT2D eigenvalue weighted by molar-refractivity contribution is -0.134. The molecule has 346 valence electrons. The quantitative estimate of drug-likeness (QED) is 0.0746. The Bertz CT molecular complexity index is 2810. The van der Waals surface area contributed by atoms with Crippen molar-refractivity contribution < 1.29 is 45.2 Å². The first kappa shape index (κ1) is 44.9. The number of benzene rings is 2. The fraction of sp³-hybridized carbons (Fsp3) is 0.400. The minimum Gasteiger partial charge on any atom is -0.345 e. The van der Waals surface area contributed by atoms with Gasteiger partial charge < -0.3 is 20.1 Å². The SMILES string of the molecule is O=C1CC[C@H](NC(=O)c2ccc(C3CCN(CC4CCN(c5ncc(-c6cnc7[nH]cc(C(=O)c8c(F)ccc(NS(=O)(=O)N9CC[C@@H](F)C9)c8F)c7c6)cn5)CC4)CC3)cc2F)C(=O)N1. The number of carbonyl (C=O) groups excluding carboxylic acids is 4. The van der Waals surface area contributed by atoms with Crippen molar-refractivity contribution in [3.8, 4) is 11.1 Å². The van der Waals surface area contributed by atoms with Crippen LogP contribution >= 0.6 is 0 Å². The number of carbonyl (C=O) groups is 4. The predicted molar refractivity (Wildman–Crippen MR) is 234 cm³/mol. The molecule has 0 bridgehead atoms. The summed E-state index contributed by atoms with van der Waals surface area (Å²) in [7, 11) is -4.37. The third-order valence-corrected chi connectivity index (χ3v) is 14.5. The van der Waals surface area contributed by atoms with Gasteiger partial charge >= 0.3 is 10.2 Å². The highest BCUT2D eigenvalue weighted by molar-refractivity contribution is 7.90. The van der Waals surface area contributed by atoms with Gasteiger partial charge in [-0.2, -0.15) is 12.7 Å². The van der Waals surface area contributed by atoms with Gasteiger partial charge in [0.2, 0.25) is 23.5 Å². The standard InChI is InChI=1S/C45H46F4N10O6S/c46-30-11-16-59(24-30)66(64,65)56-36-4-3-34(47)39(40(36)49)41(61)33-22-51-42-32(33)17-28(19-50-42)29-20-52-45(53-21-29)58-14-7-25(8-15-58)23-57-12-9-26(10-13-57)27-1-2-31(35(48)18-27)43(62)54-37-5-6-38(60)55-44(37)63/h1-4,17-22,25-26,30,37,56H,5-16,23-24H2,(H,50,51)(H,54,62)(H,55,60,63)/t30-,37+/m1/s1. The van der Waals surface area contributed by atoms with Gasteiger partial charge in [0.15, 0.2) is 5.82 Å². The van der Waals surface area contributed by atoms with Crippen LogP contribution in [0, 0.1) is 23.4 Å². The van der Waals surface area contributed by atoms with Crippen LogP contribution in [0.25, 0.3) is 22.2 Å². The maximum absolute atomic E-state index is 15.7. The normalized spacial score (nSPS) is 20.5. The zero-order valence-electron chi connectivity index (χ0n) is 35.5. The Labute approximate surface area is 376 Å². The Morgan fingerprint density at radius 3 is 2.26 bits per heavy atom. The zero-order valence-corrected chi connectivity index (χ0v) is 36.4. The summed E-state index contributed by atoms with van der Waals surface area (Å²) >= 11 is 0. The number of rotatable bonds is 12. The molecule has 16 nitrogen and oxygen atoms in total. The predicted octanol–water partition coefficient (Wildman–Crippen LogP) is 5.00. The molecule has 5 aromatic rings. The lowest BCUT2D eigenvalue weighted by Crippen LogP contribution is -2.52. The van der Waals surface area contributed by atoms with Crippen LogP contribution in [-0.2, 0) is 19.8 Å². The number of alkyl halides is 1. The number of imide groups is 1. The zero-order chi connectivity index (χ0) is 46.3. The maximum atomic E-state index is 15.7. The minimum atomic E-state index is -4.37. The van der Waals surface area contributed by atoms with Crippen molar-refractivity contribution in [2.75, 3.05) is 55.4 Å². The first-order chi connectivity index (χ1) is 31.7. The number of hydrogen-bond donors (Lipinski definition) is 4. The molecule has 3 amide bonds. The molecule has 4 saturated heterocycles. The van der Waals surface area contributed by atoms with Gasteiger partial charge in [0.1, 0.15) is 29.5 Å². The van der Waals surface area contributed by atoms with Crippen LogP contribution in [0.4, 0.5) is 29.2 Å². The molecule has 0 unspecified atom stereocenters. The van der Waals surface area contributed by atoms with E-state index in [0.717, 1.165) is 80.4 Å². The second-order valence-electron chi connectivity index (χ2n) is 17.3. The van der Waals surface area contributed by atoms with E-state index in [1.165, 1.54) is 18.3 Å². The molecule has 4 aliphatic rings. The summed E-state index contributed by atoms with van der Waals surface area (Å²) in [5, 5.41) is 4.98. The number of aromatic amines is 1. The summed E-state index contributed by atoms with van der Waals surface area (Å²) in [5.74, 6) is -4.80. The van der Waals surface area contributed by atoms with Gasteiger partial charge in [-0.3, -0.25) is 29.2 Å². The number of halogens is 4. The topological polar surface area (TPSA) is 203 Å². The summed E-state index contributed by atoms with van der Waals surface area (Å²) in [6, 6.07) is 7.04. The van der Waals surface area contributed by atoms with E-state index >= 15 is 13.2 Å². The number of nitrogens with one attached hydrogen (secondary N) is 4. The minimum absolute atomic E-state index is 0.0103. The monoisotopic (exact) mass is 930 g/mol. The van der Waals surface area contributed by atoms with Crippen molar-refractivity contribution in [1.29, 1.82) is 0 Å². The number of amides is 3. The lowest BCUT2D eigenvalue weighted by Gasteiger charge is -2.37. The number of pyridine rings is 1. The number of likely N-dealkylation sites (tertiary alicyclic amines) is 1. The highest BCUT2D eigenvalue weighted by Gasteiger charge is 2.34. The van der Waals surface area contributed by atoms with Crippen molar-refractivity contribution in [2.24, 2.45) is 5.92 Å². The summed E-state index contributed by atoms with van der Waals surface area (Å²) in [4.78, 5) is 71.0. The molecule has 7 heterocycles. The Hall–Kier alpha value is -6.32. The molecule has 66 heavy (non-hydrogen) atoms. The van der Waals surface area contributed by atoms with Crippen LogP contribution in [0.2, 0.25) is 0 Å². The van der Waals surface area contributed by atoms with Crippen molar-refractivity contribution in [3.63, 3.8) is 0 Å². The Morgan fingerprint density at radius 1 is 0.818 bits per heavy atom. The second-order valence-corrected chi connectivity index (χ2v) is 19.0. The molecule has 4 fully saturated rings.